The fraction of sp³-hybridized carbons (Fsp3) is 0.357. The topological polar surface area (TPSA) is 61.6 Å². The van der Waals surface area contributed by atoms with Crippen LogP contribution in [0.5, 0.6) is 0 Å². The lowest BCUT2D eigenvalue weighted by molar-refractivity contribution is -0.113. The molecule has 1 saturated heterocycles. The molecule has 0 radical (unpaired) electrons. The molecule has 1 amide bonds. The second kappa shape index (κ2) is 5.33. The van der Waals surface area contributed by atoms with Crippen molar-refractivity contribution in [2.75, 3.05) is 13.2 Å². The fourth-order valence-corrected chi connectivity index (χ4v) is 2.00. The number of carbonyl (C=O) groups is 1. The summed E-state index contributed by atoms with van der Waals surface area (Å²) in [5.41, 5.74) is 9.26. The maximum atomic E-state index is 10.7. The van der Waals surface area contributed by atoms with Crippen LogP contribution in [0.4, 0.5) is 0 Å². The Kier molecular flexibility index (Phi) is 3.79. The molecule has 2 N–H and O–H groups in total. The van der Waals surface area contributed by atoms with Crippen molar-refractivity contribution in [1.82, 2.24) is 0 Å². The van der Waals surface area contributed by atoms with Gasteiger partial charge in [0.1, 0.15) is 0 Å². The van der Waals surface area contributed by atoms with E-state index in [1.807, 2.05) is 26.0 Å². The van der Waals surface area contributed by atoms with E-state index >= 15 is 0 Å². The van der Waals surface area contributed by atoms with Gasteiger partial charge in [-0.1, -0.05) is 12.1 Å². The van der Waals surface area contributed by atoms with Crippen LogP contribution in [0, 0.1) is 13.8 Å². The number of aryl methyl sites for hydroxylation is 2. The lowest BCUT2D eigenvalue weighted by Crippen LogP contribution is -2.05. The molecule has 0 spiro atoms. The first-order valence-corrected chi connectivity index (χ1v) is 5.90. The SMILES string of the molecule is Cc1cc(C2OCCO2)c(C)cc1C=CC(N)=O. The summed E-state index contributed by atoms with van der Waals surface area (Å²) in [4.78, 5) is 10.7. The van der Waals surface area contributed by atoms with Crippen molar-refractivity contribution < 1.29 is 14.3 Å². The van der Waals surface area contributed by atoms with Crippen LogP contribution < -0.4 is 5.73 Å². The van der Waals surface area contributed by atoms with E-state index in [1.165, 1.54) is 6.08 Å². The minimum atomic E-state index is -0.446. The minimum absolute atomic E-state index is 0.266. The van der Waals surface area contributed by atoms with Gasteiger partial charge in [-0.3, -0.25) is 4.79 Å². The second-order valence-corrected chi connectivity index (χ2v) is 4.37. The van der Waals surface area contributed by atoms with Crippen molar-refractivity contribution in [1.29, 1.82) is 0 Å². The summed E-state index contributed by atoms with van der Waals surface area (Å²) in [5.74, 6) is -0.446. The monoisotopic (exact) mass is 247 g/mol. The Balaban J connectivity index is 2.31. The van der Waals surface area contributed by atoms with Gasteiger partial charge < -0.3 is 15.2 Å². The highest BCUT2D eigenvalue weighted by Crippen LogP contribution is 2.28. The smallest absolute Gasteiger partial charge is 0.241 e. The van der Waals surface area contributed by atoms with Gasteiger partial charge in [-0.2, -0.15) is 0 Å². The highest BCUT2D eigenvalue weighted by atomic mass is 16.7. The summed E-state index contributed by atoms with van der Waals surface area (Å²) in [6, 6.07) is 4.04. The maximum Gasteiger partial charge on any atom is 0.241 e. The highest BCUT2D eigenvalue weighted by molar-refractivity contribution is 5.90. The molecular formula is C14H17NO3. The van der Waals surface area contributed by atoms with Crippen molar-refractivity contribution in [3.63, 3.8) is 0 Å². The van der Waals surface area contributed by atoms with E-state index in [-0.39, 0.29) is 6.29 Å². The third kappa shape index (κ3) is 2.78. The number of amides is 1. The van der Waals surface area contributed by atoms with Crippen molar-refractivity contribution in [2.45, 2.75) is 20.1 Å². The summed E-state index contributed by atoms with van der Waals surface area (Å²) < 4.78 is 11.0. The van der Waals surface area contributed by atoms with E-state index in [4.69, 9.17) is 15.2 Å². The average molecular weight is 247 g/mol. The lowest BCUT2D eigenvalue weighted by Gasteiger charge is -2.14. The molecule has 96 valence electrons. The number of hydrogen-bond acceptors (Lipinski definition) is 3. The quantitative estimate of drug-likeness (QED) is 0.829. The van der Waals surface area contributed by atoms with E-state index in [0.717, 1.165) is 22.3 Å². The Labute approximate surface area is 106 Å². The number of primary amides is 1. The molecule has 1 fully saturated rings. The van der Waals surface area contributed by atoms with Crippen molar-refractivity contribution in [2.24, 2.45) is 5.73 Å². The summed E-state index contributed by atoms with van der Waals surface area (Å²) in [5, 5.41) is 0. The van der Waals surface area contributed by atoms with Crippen molar-refractivity contribution >= 4 is 12.0 Å². The van der Waals surface area contributed by atoms with Gasteiger partial charge in [0, 0.05) is 11.6 Å². The van der Waals surface area contributed by atoms with Gasteiger partial charge in [-0.25, -0.2) is 0 Å². The van der Waals surface area contributed by atoms with E-state index in [0.29, 0.717) is 13.2 Å². The van der Waals surface area contributed by atoms with E-state index in [2.05, 4.69) is 0 Å². The Morgan fingerprint density at radius 1 is 1.28 bits per heavy atom. The molecule has 1 aromatic carbocycles. The summed E-state index contributed by atoms with van der Waals surface area (Å²) in [6.45, 7) is 5.25. The number of carbonyl (C=O) groups excluding carboxylic acids is 1. The number of hydrogen-bond donors (Lipinski definition) is 1. The first-order valence-electron chi connectivity index (χ1n) is 5.90. The molecule has 4 heteroatoms. The Bertz CT molecular complexity index is 488. The molecule has 1 aromatic rings. The zero-order valence-corrected chi connectivity index (χ0v) is 10.6. The zero-order valence-electron chi connectivity index (χ0n) is 10.6. The van der Waals surface area contributed by atoms with Gasteiger partial charge in [0.05, 0.1) is 13.2 Å². The van der Waals surface area contributed by atoms with Crippen LogP contribution in [0.25, 0.3) is 6.08 Å². The number of rotatable bonds is 3. The standard InChI is InChI=1S/C14H17NO3/c1-9-8-12(14-17-5-6-18-14)10(2)7-11(9)3-4-13(15)16/h3-4,7-8,14H,5-6H2,1-2H3,(H2,15,16). The predicted molar refractivity (Wildman–Crippen MR) is 68.8 cm³/mol. The first kappa shape index (κ1) is 12.8. The maximum absolute atomic E-state index is 10.7. The van der Waals surface area contributed by atoms with Crippen LogP contribution in [0.15, 0.2) is 18.2 Å². The molecule has 0 bridgehead atoms. The largest absolute Gasteiger partial charge is 0.366 e. The van der Waals surface area contributed by atoms with Crippen LogP contribution in [0.3, 0.4) is 0 Å². The summed E-state index contributed by atoms with van der Waals surface area (Å²) >= 11 is 0. The molecule has 1 aliphatic rings. The fourth-order valence-electron chi connectivity index (χ4n) is 2.00. The van der Waals surface area contributed by atoms with E-state index in [1.54, 1.807) is 6.08 Å². The third-order valence-corrected chi connectivity index (χ3v) is 2.96. The predicted octanol–water partition coefficient (Wildman–Crippen LogP) is 1.85. The van der Waals surface area contributed by atoms with Gasteiger partial charge in [-0.05, 0) is 36.6 Å². The highest BCUT2D eigenvalue weighted by Gasteiger charge is 2.20. The molecule has 2 rings (SSSR count). The lowest BCUT2D eigenvalue weighted by atomic mass is 9.99. The molecular weight excluding hydrogens is 230 g/mol. The molecule has 0 atom stereocenters. The molecule has 4 nitrogen and oxygen atoms in total. The Hall–Kier alpha value is -1.65. The third-order valence-electron chi connectivity index (χ3n) is 2.96. The molecule has 0 aromatic heterocycles. The van der Waals surface area contributed by atoms with E-state index in [9.17, 15) is 4.79 Å². The van der Waals surface area contributed by atoms with Crippen LogP contribution in [0.1, 0.15) is 28.5 Å². The van der Waals surface area contributed by atoms with Gasteiger partial charge in [0.25, 0.3) is 0 Å². The van der Waals surface area contributed by atoms with E-state index < -0.39 is 5.91 Å². The van der Waals surface area contributed by atoms with Crippen LogP contribution >= 0.6 is 0 Å². The average Bonchev–Trinajstić information content (AvgIpc) is 2.83. The number of ether oxygens (including phenoxy) is 2. The zero-order chi connectivity index (χ0) is 13.1. The second-order valence-electron chi connectivity index (χ2n) is 4.37. The van der Waals surface area contributed by atoms with Gasteiger partial charge in [0.15, 0.2) is 6.29 Å². The van der Waals surface area contributed by atoms with Gasteiger partial charge >= 0.3 is 0 Å². The molecule has 18 heavy (non-hydrogen) atoms. The van der Waals surface area contributed by atoms with Crippen LogP contribution in [0.2, 0.25) is 0 Å². The van der Waals surface area contributed by atoms with Gasteiger partial charge in [0.2, 0.25) is 5.91 Å². The van der Waals surface area contributed by atoms with Crippen molar-refractivity contribution in [3.8, 4) is 0 Å². The van der Waals surface area contributed by atoms with Crippen LogP contribution in [-0.4, -0.2) is 19.1 Å². The van der Waals surface area contributed by atoms with Crippen LogP contribution in [-0.2, 0) is 14.3 Å². The molecule has 0 unspecified atom stereocenters. The molecule has 1 heterocycles. The summed E-state index contributed by atoms with van der Waals surface area (Å²) in [6.07, 6.45) is 2.83. The Morgan fingerprint density at radius 2 is 1.94 bits per heavy atom. The molecule has 0 saturated carbocycles. The molecule has 0 aliphatic carbocycles. The summed E-state index contributed by atoms with van der Waals surface area (Å²) in [7, 11) is 0. The molecule has 1 aliphatic heterocycles. The van der Waals surface area contributed by atoms with Crippen molar-refractivity contribution in [3.05, 3.63) is 40.5 Å². The minimum Gasteiger partial charge on any atom is -0.366 e. The Morgan fingerprint density at radius 3 is 2.56 bits per heavy atom. The first-order chi connectivity index (χ1) is 8.58. The van der Waals surface area contributed by atoms with Gasteiger partial charge in [-0.15, -0.1) is 0 Å². The number of nitrogens with two attached hydrogens (primary N) is 1. The normalized spacial score (nSPS) is 16.6. The number of benzene rings is 1.